The highest BCUT2D eigenvalue weighted by Crippen LogP contribution is 2.32. The van der Waals surface area contributed by atoms with Gasteiger partial charge in [0.1, 0.15) is 10.8 Å². The van der Waals surface area contributed by atoms with Crippen molar-refractivity contribution >= 4 is 33.0 Å². The van der Waals surface area contributed by atoms with Crippen LogP contribution in [0.15, 0.2) is 42.7 Å². The molecule has 0 atom stereocenters. The lowest BCUT2D eigenvalue weighted by Gasteiger charge is -1.94. The Labute approximate surface area is 102 Å². The Hall–Kier alpha value is -1.45. The highest BCUT2D eigenvalue weighted by atomic mass is 35.5. The van der Waals surface area contributed by atoms with Crippen molar-refractivity contribution in [3.8, 4) is 10.6 Å². The van der Waals surface area contributed by atoms with E-state index < -0.39 is 0 Å². The molecule has 0 spiro atoms. The van der Waals surface area contributed by atoms with Crippen LogP contribution in [0.1, 0.15) is 0 Å². The number of thiophene rings is 1. The first kappa shape index (κ1) is 9.75. The Morgan fingerprint density at radius 3 is 2.81 bits per heavy atom. The van der Waals surface area contributed by atoms with Gasteiger partial charge < -0.3 is 0 Å². The van der Waals surface area contributed by atoms with E-state index in [-0.39, 0.29) is 0 Å². The zero-order valence-corrected chi connectivity index (χ0v) is 9.79. The molecule has 2 nitrogen and oxygen atoms in total. The molecule has 0 N–H and O–H groups in total. The third kappa shape index (κ3) is 1.68. The summed E-state index contributed by atoms with van der Waals surface area (Å²) in [4.78, 5) is 9.39. The van der Waals surface area contributed by atoms with Gasteiger partial charge in [-0.2, -0.15) is 0 Å². The standard InChI is InChI=1S/C12H7ClN2S/c13-12-7-14-6-9(15-12)11-5-8-3-1-2-4-10(8)16-11/h1-7H. The molecule has 1 aromatic carbocycles. The summed E-state index contributed by atoms with van der Waals surface area (Å²) < 4.78 is 1.25. The average Bonchev–Trinajstić information content (AvgIpc) is 2.72. The molecule has 3 rings (SSSR count). The summed E-state index contributed by atoms with van der Waals surface area (Å²) in [6.45, 7) is 0. The highest BCUT2D eigenvalue weighted by molar-refractivity contribution is 7.22. The summed E-state index contributed by atoms with van der Waals surface area (Å²) in [5, 5.41) is 1.65. The maximum absolute atomic E-state index is 5.82. The number of aromatic nitrogens is 2. The summed E-state index contributed by atoms with van der Waals surface area (Å²) >= 11 is 7.52. The topological polar surface area (TPSA) is 25.8 Å². The van der Waals surface area contributed by atoms with Crippen LogP contribution in [-0.2, 0) is 0 Å². The zero-order valence-electron chi connectivity index (χ0n) is 8.22. The van der Waals surface area contributed by atoms with Crippen LogP contribution in [0, 0.1) is 0 Å². The summed E-state index contributed by atoms with van der Waals surface area (Å²) in [6.07, 6.45) is 3.27. The number of benzene rings is 1. The van der Waals surface area contributed by atoms with Crippen molar-refractivity contribution in [2.45, 2.75) is 0 Å². The summed E-state index contributed by atoms with van der Waals surface area (Å²) in [5.41, 5.74) is 0.828. The van der Waals surface area contributed by atoms with Gasteiger partial charge in [0.2, 0.25) is 0 Å². The van der Waals surface area contributed by atoms with Gasteiger partial charge in [0.25, 0.3) is 0 Å². The van der Waals surface area contributed by atoms with Crippen LogP contribution in [0.4, 0.5) is 0 Å². The van der Waals surface area contributed by atoms with Crippen molar-refractivity contribution in [3.63, 3.8) is 0 Å². The molecule has 2 heterocycles. The van der Waals surface area contributed by atoms with E-state index in [1.165, 1.54) is 10.1 Å². The second-order valence-electron chi connectivity index (χ2n) is 3.38. The van der Waals surface area contributed by atoms with E-state index in [2.05, 4.69) is 28.2 Å². The molecule has 0 aliphatic heterocycles. The second kappa shape index (κ2) is 3.85. The fraction of sp³-hybridized carbons (Fsp3) is 0. The molecule has 0 saturated heterocycles. The Morgan fingerprint density at radius 1 is 1.12 bits per heavy atom. The van der Waals surface area contributed by atoms with E-state index >= 15 is 0 Å². The molecular formula is C12H7ClN2S. The molecule has 0 radical (unpaired) electrons. The molecular weight excluding hydrogens is 240 g/mol. The fourth-order valence-electron chi connectivity index (χ4n) is 1.57. The van der Waals surface area contributed by atoms with Crippen molar-refractivity contribution in [2.24, 2.45) is 0 Å². The molecule has 0 fully saturated rings. The van der Waals surface area contributed by atoms with E-state index in [1.54, 1.807) is 23.7 Å². The Balaban J connectivity index is 2.19. The Kier molecular flexibility index (Phi) is 2.35. The third-order valence-electron chi connectivity index (χ3n) is 2.28. The second-order valence-corrected chi connectivity index (χ2v) is 4.85. The highest BCUT2D eigenvalue weighted by Gasteiger charge is 2.05. The van der Waals surface area contributed by atoms with Crippen molar-refractivity contribution in [1.29, 1.82) is 0 Å². The van der Waals surface area contributed by atoms with Crippen LogP contribution in [0.25, 0.3) is 20.7 Å². The van der Waals surface area contributed by atoms with Gasteiger partial charge in [0.15, 0.2) is 0 Å². The summed E-state index contributed by atoms with van der Waals surface area (Å²) in [6, 6.07) is 10.4. The van der Waals surface area contributed by atoms with Crippen LogP contribution in [-0.4, -0.2) is 9.97 Å². The maximum Gasteiger partial charge on any atom is 0.148 e. The lowest BCUT2D eigenvalue weighted by Crippen LogP contribution is -1.82. The van der Waals surface area contributed by atoms with E-state index in [4.69, 9.17) is 11.6 Å². The molecule has 16 heavy (non-hydrogen) atoms. The van der Waals surface area contributed by atoms with Crippen LogP contribution >= 0.6 is 22.9 Å². The van der Waals surface area contributed by atoms with Gasteiger partial charge in [-0.25, -0.2) is 4.98 Å². The van der Waals surface area contributed by atoms with Gasteiger partial charge in [0.05, 0.1) is 17.3 Å². The summed E-state index contributed by atoms with van der Waals surface area (Å²) in [5.74, 6) is 0. The van der Waals surface area contributed by atoms with Gasteiger partial charge in [-0.1, -0.05) is 29.8 Å². The monoisotopic (exact) mass is 246 g/mol. The SMILES string of the molecule is Clc1cncc(-c2cc3ccccc3s2)n1. The molecule has 0 amide bonds. The van der Waals surface area contributed by atoms with Gasteiger partial charge >= 0.3 is 0 Å². The van der Waals surface area contributed by atoms with Crippen molar-refractivity contribution in [2.75, 3.05) is 0 Å². The quantitative estimate of drug-likeness (QED) is 0.648. The van der Waals surface area contributed by atoms with Crippen LogP contribution in [0.2, 0.25) is 5.15 Å². The normalized spacial score (nSPS) is 10.8. The van der Waals surface area contributed by atoms with Crippen LogP contribution in [0.3, 0.4) is 0 Å². The lowest BCUT2D eigenvalue weighted by molar-refractivity contribution is 1.21. The first-order chi connectivity index (χ1) is 7.83. The molecule has 0 saturated carbocycles. The minimum absolute atomic E-state index is 0.426. The molecule has 2 aromatic heterocycles. The number of halogens is 1. The number of nitrogens with zero attached hydrogens (tertiary/aromatic N) is 2. The molecule has 4 heteroatoms. The Morgan fingerprint density at radius 2 is 2.00 bits per heavy atom. The number of hydrogen-bond acceptors (Lipinski definition) is 3. The number of hydrogen-bond donors (Lipinski definition) is 0. The molecule has 3 aromatic rings. The first-order valence-corrected chi connectivity index (χ1v) is 5.99. The average molecular weight is 247 g/mol. The lowest BCUT2D eigenvalue weighted by atomic mass is 10.2. The van der Waals surface area contributed by atoms with Crippen LogP contribution < -0.4 is 0 Å². The van der Waals surface area contributed by atoms with Crippen molar-refractivity contribution in [1.82, 2.24) is 9.97 Å². The van der Waals surface area contributed by atoms with Gasteiger partial charge in [-0.05, 0) is 17.5 Å². The van der Waals surface area contributed by atoms with Gasteiger partial charge in [-0.15, -0.1) is 11.3 Å². The van der Waals surface area contributed by atoms with E-state index in [0.717, 1.165) is 10.6 Å². The number of fused-ring (bicyclic) bond motifs is 1. The third-order valence-corrected chi connectivity index (χ3v) is 3.60. The van der Waals surface area contributed by atoms with E-state index in [1.807, 2.05) is 12.1 Å². The smallest absolute Gasteiger partial charge is 0.148 e. The molecule has 0 aliphatic carbocycles. The number of rotatable bonds is 1. The largest absolute Gasteiger partial charge is 0.259 e. The minimum Gasteiger partial charge on any atom is -0.259 e. The fourth-order valence-corrected chi connectivity index (χ4v) is 2.73. The van der Waals surface area contributed by atoms with Crippen molar-refractivity contribution in [3.05, 3.63) is 47.9 Å². The predicted molar refractivity (Wildman–Crippen MR) is 67.9 cm³/mol. The zero-order chi connectivity index (χ0) is 11.0. The van der Waals surface area contributed by atoms with Crippen LogP contribution in [0.5, 0.6) is 0 Å². The maximum atomic E-state index is 5.82. The Bertz CT molecular complexity index is 615. The molecule has 0 unspecified atom stereocenters. The minimum atomic E-state index is 0.426. The molecule has 78 valence electrons. The molecule has 0 aliphatic rings. The van der Waals surface area contributed by atoms with Gasteiger partial charge in [0, 0.05) is 4.70 Å². The van der Waals surface area contributed by atoms with Crippen molar-refractivity contribution < 1.29 is 0 Å². The van der Waals surface area contributed by atoms with E-state index in [9.17, 15) is 0 Å². The predicted octanol–water partition coefficient (Wildman–Crippen LogP) is 4.01. The molecule has 0 bridgehead atoms. The summed E-state index contributed by atoms with van der Waals surface area (Å²) in [7, 11) is 0. The van der Waals surface area contributed by atoms with E-state index in [0.29, 0.717) is 5.15 Å². The first-order valence-electron chi connectivity index (χ1n) is 4.79. The van der Waals surface area contributed by atoms with Gasteiger partial charge in [-0.3, -0.25) is 4.98 Å².